The number of hydrogen-bond acceptors (Lipinski definition) is 2. The molecule has 1 aliphatic carbocycles. The van der Waals surface area contributed by atoms with E-state index in [1.54, 1.807) is 7.11 Å². The standard InChI is InChI=1S/C21H20N2O/c1-24-20-10-9-17-7-8-18(21(17)12-20)11-19-13-22-15-23(19)14-16-5-3-2-4-6-16/h2-6,9-13,15H,7-8,14H2,1H3/b18-11+. The first-order valence-corrected chi connectivity index (χ1v) is 8.25. The van der Waals surface area contributed by atoms with E-state index in [9.17, 15) is 0 Å². The molecule has 0 unspecified atom stereocenters. The van der Waals surface area contributed by atoms with Gasteiger partial charge in [0.1, 0.15) is 5.75 Å². The van der Waals surface area contributed by atoms with E-state index in [2.05, 4.69) is 52.0 Å². The Kier molecular flexibility index (Phi) is 3.91. The summed E-state index contributed by atoms with van der Waals surface area (Å²) >= 11 is 0. The predicted octanol–water partition coefficient (Wildman–Crippen LogP) is 4.43. The van der Waals surface area contributed by atoms with Gasteiger partial charge in [-0.3, -0.25) is 0 Å². The van der Waals surface area contributed by atoms with Crippen LogP contribution in [0.5, 0.6) is 5.75 Å². The molecule has 3 aromatic rings. The molecule has 120 valence electrons. The van der Waals surface area contributed by atoms with Gasteiger partial charge in [0.15, 0.2) is 0 Å². The van der Waals surface area contributed by atoms with Crippen molar-refractivity contribution in [2.45, 2.75) is 19.4 Å². The lowest BCUT2D eigenvalue weighted by molar-refractivity contribution is 0.414. The number of rotatable bonds is 4. The number of hydrogen-bond donors (Lipinski definition) is 0. The van der Waals surface area contributed by atoms with Gasteiger partial charge in [0.25, 0.3) is 0 Å². The van der Waals surface area contributed by atoms with Crippen LogP contribution >= 0.6 is 0 Å². The van der Waals surface area contributed by atoms with Crippen LogP contribution in [0.25, 0.3) is 11.6 Å². The molecule has 0 fully saturated rings. The average Bonchev–Trinajstić information content (AvgIpc) is 3.23. The Morgan fingerprint density at radius 1 is 1.12 bits per heavy atom. The number of ether oxygens (including phenoxy) is 1. The van der Waals surface area contributed by atoms with Crippen LogP contribution in [0.4, 0.5) is 0 Å². The third kappa shape index (κ3) is 2.85. The van der Waals surface area contributed by atoms with Crippen LogP contribution < -0.4 is 4.74 Å². The van der Waals surface area contributed by atoms with Crippen molar-refractivity contribution in [3.8, 4) is 5.75 Å². The molecule has 0 saturated carbocycles. The number of nitrogens with zero attached hydrogens (tertiary/aromatic N) is 2. The molecule has 24 heavy (non-hydrogen) atoms. The normalized spacial score (nSPS) is 14.8. The second-order valence-corrected chi connectivity index (χ2v) is 6.12. The van der Waals surface area contributed by atoms with E-state index < -0.39 is 0 Å². The molecule has 0 N–H and O–H groups in total. The number of benzene rings is 2. The Morgan fingerprint density at radius 3 is 2.83 bits per heavy atom. The molecule has 2 aromatic carbocycles. The largest absolute Gasteiger partial charge is 0.497 e. The molecule has 0 bridgehead atoms. The van der Waals surface area contributed by atoms with E-state index in [1.807, 2.05) is 24.7 Å². The molecule has 0 radical (unpaired) electrons. The zero-order valence-electron chi connectivity index (χ0n) is 13.8. The molecule has 0 atom stereocenters. The third-order valence-electron chi connectivity index (χ3n) is 4.59. The summed E-state index contributed by atoms with van der Waals surface area (Å²) in [6.45, 7) is 0.838. The van der Waals surface area contributed by atoms with Crippen molar-refractivity contribution >= 4 is 11.6 Å². The highest BCUT2D eigenvalue weighted by Crippen LogP contribution is 2.35. The van der Waals surface area contributed by atoms with Gasteiger partial charge in [0.05, 0.1) is 25.3 Å². The highest BCUT2D eigenvalue weighted by Gasteiger charge is 2.17. The Bertz CT molecular complexity index is 878. The van der Waals surface area contributed by atoms with Crippen LogP contribution in [0, 0.1) is 0 Å². The summed E-state index contributed by atoms with van der Waals surface area (Å²) in [6, 6.07) is 16.8. The van der Waals surface area contributed by atoms with Crippen molar-refractivity contribution in [3.63, 3.8) is 0 Å². The van der Waals surface area contributed by atoms with E-state index in [1.165, 1.54) is 22.3 Å². The first-order valence-electron chi connectivity index (χ1n) is 8.25. The zero-order chi connectivity index (χ0) is 16.4. The number of aromatic nitrogens is 2. The van der Waals surface area contributed by atoms with Crippen LogP contribution in [0.15, 0.2) is 61.1 Å². The fourth-order valence-electron chi connectivity index (χ4n) is 3.30. The van der Waals surface area contributed by atoms with Gasteiger partial charge in [-0.2, -0.15) is 0 Å². The monoisotopic (exact) mass is 316 g/mol. The molecule has 0 saturated heterocycles. The second kappa shape index (κ2) is 6.36. The molecule has 1 aliphatic rings. The maximum atomic E-state index is 5.38. The minimum atomic E-state index is 0.838. The van der Waals surface area contributed by atoms with E-state index in [0.29, 0.717) is 0 Å². The minimum absolute atomic E-state index is 0.838. The van der Waals surface area contributed by atoms with Crippen LogP contribution in [0.2, 0.25) is 0 Å². The molecule has 0 spiro atoms. The summed E-state index contributed by atoms with van der Waals surface area (Å²) in [7, 11) is 1.72. The van der Waals surface area contributed by atoms with Gasteiger partial charge in [-0.15, -0.1) is 0 Å². The van der Waals surface area contributed by atoms with Gasteiger partial charge in [0.2, 0.25) is 0 Å². The van der Waals surface area contributed by atoms with Crippen molar-refractivity contribution in [2.24, 2.45) is 0 Å². The average molecular weight is 316 g/mol. The van der Waals surface area contributed by atoms with Crippen LogP contribution in [0.3, 0.4) is 0 Å². The van der Waals surface area contributed by atoms with Gasteiger partial charge in [-0.1, -0.05) is 36.4 Å². The molecular weight excluding hydrogens is 296 g/mol. The Balaban J connectivity index is 1.66. The Morgan fingerprint density at radius 2 is 2.00 bits per heavy atom. The molecule has 1 heterocycles. The number of allylic oxidation sites excluding steroid dienone is 1. The molecule has 3 nitrogen and oxygen atoms in total. The molecule has 1 aromatic heterocycles. The number of imidazole rings is 1. The van der Waals surface area contributed by atoms with Gasteiger partial charge in [-0.05, 0) is 53.3 Å². The SMILES string of the molecule is COc1ccc2c(c1)/C(=C/c1cncn1Cc1ccccc1)CC2. The minimum Gasteiger partial charge on any atom is -0.497 e. The summed E-state index contributed by atoms with van der Waals surface area (Å²) in [4.78, 5) is 4.34. The smallest absolute Gasteiger partial charge is 0.119 e. The summed E-state index contributed by atoms with van der Waals surface area (Å²) in [5, 5.41) is 0. The van der Waals surface area contributed by atoms with Crippen molar-refractivity contribution in [2.75, 3.05) is 7.11 Å². The third-order valence-corrected chi connectivity index (χ3v) is 4.59. The van der Waals surface area contributed by atoms with Crippen molar-refractivity contribution in [3.05, 3.63) is 83.4 Å². The molecule has 4 rings (SSSR count). The van der Waals surface area contributed by atoms with Crippen molar-refractivity contribution < 1.29 is 4.74 Å². The quantitative estimate of drug-likeness (QED) is 0.712. The predicted molar refractivity (Wildman–Crippen MR) is 97.0 cm³/mol. The summed E-state index contributed by atoms with van der Waals surface area (Å²) in [6.07, 6.45) is 8.27. The van der Waals surface area contributed by atoms with Crippen molar-refractivity contribution in [1.29, 1.82) is 0 Å². The van der Waals surface area contributed by atoms with Gasteiger partial charge >= 0.3 is 0 Å². The lowest BCUT2D eigenvalue weighted by Crippen LogP contribution is -2.00. The fourth-order valence-corrected chi connectivity index (χ4v) is 3.30. The lowest BCUT2D eigenvalue weighted by Gasteiger charge is -2.08. The second-order valence-electron chi connectivity index (χ2n) is 6.12. The topological polar surface area (TPSA) is 27.1 Å². The molecule has 0 aliphatic heterocycles. The highest BCUT2D eigenvalue weighted by molar-refractivity contribution is 5.85. The molecule has 3 heteroatoms. The van der Waals surface area contributed by atoms with Gasteiger partial charge < -0.3 is 9.30 Å². The fraction of sp³-hybridized carbons (Fsp3) is 0.190. The summed E-state index contributed by atoms with van der Waals surface area (Å²) in [5.41, 5.74) is 6.49. The molecule has 0 amide bonds. The maximum absolute atomic E-state index is 5.38. The van der Waals surface area contributed by atoms with Crippen LogP contribution in [-0.4, -0.2) is 16.7 Å². The van der Waals surface area contributed by atoms with E-state index >= 15 is 0 Å². The Labute approximate surface area is 142 Å². The van der Waals surface area contributed by atoms with Crippen LogP contribution in [0.1, 0.15) is 28.8 Å². The van der Waals surface area contributed by atoms with Gasteiger partial charge in [-0.25, -0.2) is 4.98 Å². The summed E-state index contributed by atoms with van der Waals surface area (Å²) < 4.78 is 7.58. The number of methoxy groups -OCH3 is 1. The first-order chi connectivity index (χ1) is 11.8. The number of fused-ring (bicyclic) bond motifs is 1. The van der Waals surface area contributed by atoms with E-state index in [-0.39, 0.29) is 0 Å². The van der Waals surface area contributed by atoms with E-state index in [0.717, 1.165) is 30.8 Å². The van der Waals surface area contributed by atoms with E-state index in [4.69, 9.17) is 4.74 Å². The zero-order valence-corrected chi connectivity index (χ0v) is 13.8. The first kappa shape index (κ1) is 14.8. The van der Waals surface area contributed by atoms with Gasteiger partial charge in [0, 0.05) is 6.54 Å². The lowest BCUT2D eigenvalue weighted by atomic mass is 10.1. The van der Waals surface area contributed by atoms with Crippen molar-refractivity contribution in [1.82, 2.24) is 9.55 Å². The highest BCUT2D eigenvalue weighted by atomic mass is 16.5. The Hall–Kier alpha value is -2.81. The maximum Gasteiger partial charge on any atom is 0.119 e. The van der Waals surface area contributed by atoms with Crippen LogP contribution in [-0.2, 0) is 13.0 Å². The molecular formula is C21H20N2O. The summed E-state index contributed by atoms with van der Waals surface area (Å²) in [5.74, 6) is 0.916. The number of aryl methyl sites for hydroxylation is 1.